The third-order valence-electron chi connectivity index (χ3n) is 2.24. The predicted octanol–water partition coefficient (Wildman–Crippen LogP) is 2.14. The molecule has 0 unspecified atom stereocenters. The van der Waals surface area contributed by atoms with E-state index in [4.69, 9.17) is 4.74 Å². The van der Waals surface area contributed by atoms with E-state index >= 15 is 0 Å². The van der Waals surface area contributed by atoms with Crippen LogP contribution in [0.25, 0.3) is 0 Å². The molecule has 0 atom stereocenters. The third kappa shape index (κ3) is 3.30. The molecule has 0 spiro atoms. The summed E-state index contributed by atoms with van der Waals surface area (Å²) in [6.45, 7) is 2.29. The summed E-state index contributed by atoms with van der Waals surface area (Å²) in [5.74, 6) is 0.163. The second-order valence-corrected chi connectivity index (χ2v) is 3.40. The SMILES string of the molecule is COCC(=O)CCc1ccccc1C. The first-order valence-electron chi connectivity index (χ1n) is 4.79. The molecule has 1 aromatic carbocycles. The van der Waals surface area contributed by atoms with Crippen molar-refractivity contribution in [2.45, 2.75) is 19.8 Å². The quantitative estimate of drug-likeness (QED) is 0.714. The Bertz CT molecular complexity index is 305. The molecule has 0 fully saturated rings. The van der Waals surface area contributed by atoms with E-state index in [0.717, 1.165) is 6.42 Å². The average molecular weight is 192 g/mol. The number of ketones is 1. The number of rotatable bonds is 5. The summed E-state index contributed by atoms with van der Waals surface area (Å²) >= 11 is 0. The molecule has 0 radical (unpaired) electrons. The van der Waals surface area contributed by atoms with Crippen molar-refractivity contribution in [2.75, 3.05) is 13.7 Å². The smallest absolute Gasteiger partial charge is 0.158 e. The van der Waals surface area contributed by atoms with Gasteiger partial charge in [-0.3, -0.25) is 4.79 Å². The van der Waals surface area contributed by atoms with Gasteiger partial charge in [-0.25, -0.2) is 0 Å². The summed E-state index contributed by atoms with van der Waals surface area (Å²) in [7, 11) is 1.55. The molecule has 0 aliphatic heterocycles. The number of Topliss-reactive ketones (excluding diaryl/α,β-unsaturated/α-hetero) is 1. The van der Waals surface area contributed by atoms with Gasteiger partial charge in [0.15, 0.2) is 5.78 Å². The number of aryl methyl sites for hydroxylation is 2. The molecule has 0 saturated carbocycles. The van der Waals surface area contributed by atoms with E-state index in [1.54, 1.807) is 7.11 Å². The first-order chi connectivity index (χ1) is 6.74. The van der Waals surface area contributed by atoms with Crippen molar-refractivity contribution in [3.8, 4) is 0 Å². The van der Waals surface area contributed by atoms with E-state index in [1.165, 1.54) is 11.1 Å². The summed E-state index contributed by atoms with van der Waals surface area (Å²) in [5, 5.41) is 0. The van der Waals surface area contributed by atoms with Gasteiger partial charge in [-0.2, -0.15) is 0 Å². The summed E-state index contributed by atoms with van der Waals surface area (Å²) < 4.78 is 4.77. The Morgan fingerprint density at radius 2 is 2.07 bits per heavy atom. The molecular weight excluding hydrogens is 176 g/mol. The van der Waals surface area contributed by atoms with Crippen molar-refractivity contribution in [2.24, 2.45) is 0 Å². The van der Waals surface area contributed by atoms with Crippen LogP contribution in [0.2, 0.25) is 0 Å². The summed E-state index contributed by atoms with van der Waals surface area (Å²) in [5.41, 5.74) is 2.50. The Kier molecular flexibility index (Phi) is 4.33. The van der Waals surface area contributed by atoms with Crippen LogP contribution in [-0.2, 0) is 16.0 Å². The molecule has 0 bridgehead atoms. The lowest BCUT2D eigenvalue weighted by Gasteiger charge is -2.04. The molecule has 0 aromatic heterocycles. The van der Waals surface area contributed by atoms with E-state index in [0.29, 0.717) is 6.42 Å². The van der Waals surface area contributed by atoms with Crippen molar-refractivity contribution < 1.29 is 9.53 Å². The van der Waals surface area contributed by atoms with Gasteiger partial charge in [0.2, 0.25) is 0 Å². The number of hydrogen-bond acceptors (Lipinski definition) is 2. The van der Waals surface area contributed by atoms with E-state index in [1.807, 2.05) is 12.1 Å². The largest absolute Gasteiger partial charge is 0.377 e. The molecule has 0 N–H and O–H groups in total. The fraction of sp³-hybridized carbons (Fsp3) is 0.417. The highest BCUT2D eigenvalue weighted by Crippen LogP contribution is 2.09. The number of carbonyl (C=O) groups is 1. The Labute approximate surface area is 84.9 Å². The minimum atomic E-state index is 0.163. The van der Waals surface area contributed by atoms with Crippen LogP contribution in [0.5, 0.6) is 0 Å². The highest BCUT2D eigenvalue weighted by Gasteiger charge is 2.03. The normalized spacial score (nSPS) is 10.1. The Morgan fingerprint density at radius 1 is 1.36 bits per heavy atom. The Hall–Kier alpha value is -1.15. The van der Waals surface area contributed by atoms with Crippen molar-refractivity contribution >= 4 is 5.78 Å². The maximum Gasteiger partial charge on any atom is 0.158 e. The van der Waals surface area contributed by atoms with Gasteiger partial charge in [-0.05, 0) is 24.5 Å². The van der Waals surface area contributed by atoms with Gasteiger partial charge < -0.3 is 4.74 Å². The lowest BCUT2D eigenvalue weighted by atomic mass is 10.0. The van der Waals surface area contributed by atoms with Gasteiger partial charge in [0.05, 0.1) is 0 Å². The molecule has 76 valence electrons. The van der Waals surface area contributed by atoms with Gasteiger partial charge in [0.1, 0.15) is 6.61 Å². The van der Waals surface area contributed by atoms with Gasteiger partial charge in [0, 0.05) is 13.5 Å². The monoisotopic (exact) mass is 192 g/mol. The van der Waals surface area contributed by atoms with Gasteiger partial charge >= 0.3 is 0 Å². The fourth-order valence-electron chi connectivity index (χ4n) is 1.40. The summed E-state index contributed by atoms with van der Waals surface area (Å²) in [6, 6.07) is 8.14. The van der Waals surface area contributed by atoms with Crippen molar-refractivity contribution in [1.82, 2.24) is 0 Å². The molecule has 0 amide bonds. The molecule has 0 heterocycles. The van der Waals surface area contributed by atoms with E-state index in [2.05, 4.69) is 19.1 Å². The molecular formula is C12H16O2. The van der Waals surface area contributed by atoms with Crippen LogP contribution in [0.1, 0.15) is 17.5 Å². The van der Waals surface area contributed by atoms with Crippen LogP contribution in [0.4, 0.5) is 0 Å². The zero-order valence-electron chi connectivity index (χ0n) is 8.75. The average Bonchev–Trinajstić information content (AvgIpc) is 2.17. The van der Waals surface area contributed by atoms with Crippen LogP contribution >= 0.6 is 0 Å². The van der Waals surface area contributed by atoms with Crippen molar-refractivity contribution in [3.05, 3.63) is 35.4 Å². The van der Waals surface area contributed by atoms with Crippen LogP contribution in [-0.4, -0.2) is 19.5 Å². The molecule has 0 aliphatic carbocycles. The fourth-order valence-corrected chi connectivity index (χ4v) is 1.40. The maximum atomic E-state index is 11.2. The lowest BCUT2D eigenvalue weighted by molar-refractivity contribution is -0.122. The van der Waals surface area contributed by atoms with Crippen LogP contribution in [0, 0.1) is 6.92 Å². The highest BCUT2D eigenvalue weighted by atomic mass is 16.5. The number of hydrogen-bond donors (Lipinski definition) is 0. The molecule has 0 aliphatic rings. The maximum absolute atomic E-state index is 11.2. The number of methoxy groups -OCH3 is 1. The van der Waals surface area contributed by atoms with Crippen LogP contribution < -0.4 is 0 Å². The molecule has 0 saturated heterocycles. The van der Waals surface area contributed by atoms with Gasteiger partial charge in [-0.1, -0.05) is 24.3 Å². The number of carbonyl (C=O) groups excluding carboxylic acids is 1. The van der Waals surface area contributed by atoms with Gasteiger partial charge in [-0.15, -0.1) is 0 Å². The summed E-state index contributed by atoms with van der Waals surface area (Å²) in [4.78, 5) is 11.2. The molecule has 2 heteroatoms. The lowest BCUT2D eigenvalue weighted by Crippen LogP contribution is -2.07. The zero-order valence-corrected chi connectivity index (χ0v) is 8.75. The molecule has 1 rings (SSSR count). The number of ether oxygens (including phenoxy) is 1. The van der Waals surface area contributed by atoms with E-state index in [9.17, 15) is 4.79 Å². The van der Waals surface area contributed by atoms with E-state index < -0.39 is 0 Å². The number of benzene rings is 1. The van der Waals surface area contributed by atoms with Crippen LogP contribution in [0.15, 0.2) is 24.3 Å². The Morgan fingerprint density at radius 3 is 2.71 bits per heavy atom. The zero-order chi connectivity index (χ0) is 10.4. The standard InChI is InChI=1S/C12H16O2/c1-10-5-3-4-6-11(10)7-8-12(13)9-14-2/h3-6H,7-9H2,1-2H3. The topological polar surface area (TPSA) is 26.3 Å². The van der Waals surface area contributed by atoms with Crippen molar-refractivity contribution in [3.63, 3.8) is 0 Å². The van der Waals surface area contributed by atoms with Crippen molar-refractivity contribution in [1.29, 1.82) is 0 Å². The minimum Gasteiger partial charge on any atom is -0.377 e. The van der Waals surface area contributed by atoms with Gasteiger partial charge in [0.25, 0.3) is 0 Å². The summed E-state index contributed by atoms with van der Waals surface area (Å²) in [6.07, 6.45) is 1.38. The van der Waals surface area contributed by atoms with Crippen LogP contribution in [0.3, 0.4) is 0 Å². The second kappa shape index (κ2) is 5.55. The first kappa shape index (κ1) is 10.9. The highest BCUT2D eigenvalue weighted by molar-refractivity contribution is 5.79. The molecule has 2 nitrogen and oxygen atoms in total. The van der Waals surface area contributed by atoms with E-state index in [-0.39, 0.29) is 12.4 Å². The minimum absolute atomic E-state index is 0.163. The first-order valence-corrected chi connectivity index (χ1v) is 4.79. The Balaban J connectivity index is 2.46. The second-order valence-electron chi connectivity index (χ2n) is 3.40. The predicted molar refractivity (Wildman–Crippen MR) is 56.4 cm³/mol. The molecule has 1 aromatic rings. The molecule has 14 heavy (non-hydrogen) atoms. The third-order valence-corrected chi connectivity index (χ3v) is 2.24.